The average Bonchev–Trinajstić information content (AvgIpc) is 3.36. The van der Waals surface area contributed by atoms with Gasteiger partial charge in [0.1, 0.15) is 24.4 Å². The third kappa shape index (κ3) is 39.9. The predicted molar refractivity (Wildman–Crippen MR) is 295 cm³/mol. The molecule has 0 saturated carbocycles. The van der Waals surface area contributed by atoms with Crippen molar-refractivity contribution in [3.8, 4) is 0 Å². The van der Waals surface area contributed by atoms with Gasteiger partial charge in [-0.3, -0.25) is 4.79 Å². The SMILES string of the molecule is CCCCCCCCCCCCCCCCCCCCCCCCC/C=C/CC/C=C/CC/C=C/C(O)C(COC1OC(CO)C(O)C(O)C1O)NC(=O)CCCCCCCCCCCCCCCC. The molecule has 0 aromatic rings. The number of hydrogen-bond donors (Lipinski definition) is 6. The lowest BCUT2D eigenvalue weighted by atomic mass is 9.99. The van der Waals surface area contributed by atoms with E-state index in [1.54, 1.807) is 6.08 Å². The molecular weight excluding hydrogens is 875 g/mol. The molecule has 1 saturated heterocycles. The smallest absolute Gasteiger partial charge is 0.220 e. The van der Waals surface area contributed by atoms with Crippen molar-refractivity contribution in [2.75, 3.05) is 13.2 Å². The van der Waals surface area contributed by atoms with Gasteiger partial charge in [-0.05, 0) is 44.9 Å². The second-order valence-electron chi connectivity index (χ2n) is 21.1. The van der Waals surface area contributed by atoms with Gasteiger partial charge in [0.2, 0.25) is 5.91 Å². The van der Waals surface area contributed by atoms with E-state index in [-0.39, 0.29) is 12.5 Å². The molecule has 9 nitrogen and oxygen atoms in total. The molecule has 9 heteroatoms. The average molecular weight is 991 g/mol. The molecule has 0 aromatic carbocycles. The fraction of sp³-hybridized carbons (Fsp3) is 0.885. The molecule has 1 aliphatic heterocycles. The Morgan fingerprint density at radius 3 is 1.20 bits per heavy atom. The molecule has 0 spiro atoms. The van der Waals surface area contributed by atoms with Gasteiger partial charge in [0.05, 0.1) is 25.4 Å². The molecule has 1 aliphatic rings. The van der Waals surface area contributed by atoms with Crippen LogP contribution in [0.3, 0.4) is 0 Å². The Labute approximate surface area is 431 Å². The number of allylic oxidation sites excluding steroid dienone is 5. The quantitative estimate of drug-likeness (QED) is 0.0261. The van der Waals surface area contributed by atoms with Gasteiger partial charge < -0.3 is 40.3 Å². The number of aliphatic hydroxyl groups excluding tert-OH is 5. The Bertz CT molecular complexity index is 1190. The molecule has 1 heterocycles. The molecule has 7 unspecified atom stereocenters. The van der Waals surface area contributed by atoms with E-state index in [0.29, 0.717) is 6.42 Å². The highest BCUT2D eigenvalue weighted by atomic mass is 16.7. The monoisotopic (exact) mass is 990 g/mol. The number of rotatable bonds is 52. The highest BCUT2D eigenvalue weighted by molar-refractivity contribution is 5.76. The van der Waals surface area contributed by atoms with Crippen LogP contribution in [0.2, 0.25) is 0 Å². The lowest BCUT2D eigenvalue weighted by Crippen LogP contribution is -2.60. The molecule has 412 valence electrons. The molecule has 7 atom stereocenters. The van der Waals surface area contributed by atoms with Crippen molar-refractivity contribution in [2.45, 2.75) is 333 Å². The summed E-state index contributed by atoms with van der Waals surface area (Å²) in [6.07, 6.45) is 59.6. The van der Waals surface area contributed by atoms with E-state index in [2.05, 4.69) is 43.5 Å². The summed E-state index contributed by atoms with van der Waals surface area (Å²) >= 11 is 0. The zero-order valence-electron chi connectivity index (χ0n) is 45.8. The fourth-order valence-electron chi connectivity index (χ4n) is 9.66. The third-order valence-corrected chi connectivity index (χ3v) is 14.4. The number of hydrogen-bond acceptors (Lipinski definition) is 8. The summed E-state index contributed by atoms with van der Waals surface area (Å²) in [5.41, 5.74) is 0. The Hall–Kier alpha value is -1.59. The molecule has 0 bridgehead atoms. The highest BCUT2D eigenvalue weighted by Crippen LogP contribution is 2.23. The first kappa shape index (κ1) is 66.4. The Kier molecular flexibility index (Phi) is 48.3. The lowest BCUT2D eigenvalue weighted by Gasteiger charge is -2.40. The van der Waals surface area contributed by atoms with E-state index in [4.69, 9.17) is 9.47 Å². The minimum absolute atomic E-state index is 0.188. The van der Waals surface area contributed by atoms with Crippen LogP contribution >= 0.6 is 0 Å². The van der Waals surface area contributed by atoms with Gasteiger partial charge in [0.25, 0.3) is 0 Å². The van der Waals surface area contributed by atoms with Crippen molar-refractivity contribution in [3.63, 3.8) is 0 Å². The first-order valence-corrected chi connectivity index (χ1v) is 30.2. The molecule has 70 heavy (non-hydrogen) atoms. The minimum atomic E-state index is -1.57. The second-order valence-corrected chi connectivity index (χ2v) is 21.1. The maximum Gasteiger partial charge on any atom is 0.220 e. The van der Waals surface area contributed by atoms with Gasteiger partial charge in [-0.1, -0.05) is 275 Å². The molecule has 6 N–H and O–H groups in total. The topological polar surface area (TPSA) is 149 Å². The van der Waals surface area contributed by atoms with Crippen LogP contribution in [0.5, 0.6) is 0 Å². The van der Waals surface area contributed by atoms with Gasteiger partial charge >= 0.3 is 0 Å². The zero-order chi connectivity index (χ0) is 50.8. The van der Waals surface area contributed by atoms with Crippen LogP contribution < -0.4 is 5.32 Å². The summed E-state index contributed by atoms with van der Waals surface area (Å²) in [6.45, 7) is 3.78. The van der Waals surface area contributed by atoms with E-state index < -0.39 is 49.5 Å². The van der Waals surface area contributed by atoms with Crippen molar-refractivity contribution in [1.29, 1.82) is 0 Å². The van der Waals surface area contributed by atoms with Gasteiger partial charge in [0.15, 0.2) is 6.29 Å². The Balaban J connectivity index is 2.17. The summed E-state index contributed by atoms with van der Waals surface area (Å²) in [7, 11) is 0. The van der Waals surface area contributed by atoms with Crippen LogP contribution in [0.4, 0.5) is 0 Å². The van der Waals surface area contributed by atoms with E-state index in [1.165, 1.54) is 225 Å². The first-order valence-electron chi connectivity index (χ1n) is 30.2. The van der Waals surface area contributed by atoms with Gasteiger partial charge in [-0.25, -0.2) is 0 Å². The highest BCUT2D eigenvalue weighted by Gasteiger charge is 2.44. The van der Waals surface area contributed by atoms with E-state index in [9.17, 15) is 30.3 Å². The van der Waals surface area contributed by atoms with E-state index in [1.807, 2.05) is 6.08 Å². The van der Waals surface area contributed by atoms with Crippen LogP contribution in [0, 0.1) is 0 Å². The lowest BCUT2D eigenvalue weighted by molar-refractivity contribution is -0.302. The zero-order valence-corrected chi connectivity index (χ0v) is 45.8. The van der Waals surface area contributed by atoms with Gasteiger partial charge in [-0.15, -0.1) is 0 Å². The van der Waals surface area contributed by atoms with Crippen molar-refractivity contribution in [2.24, 2.45) is 0 Å². The number of amides is 1. The number of ether oxygens (including phenoxy) is 2. The number of unbranched alkanes of at least 4 members (excludes halogenated alkanes) is 38. The molecule has 1 fully saturated rings. The molecule has 0 aromatic heterocycles. The summed E-state index contributed by atoms with van der Waals surface area (Å²) in [4.78, 5) is 13.0. The van der Waals surface area contributed by atoms with Crippen LogP contribution in [0.1, 0.15) is 290 Å². The summed E-state index contributed by atoms with van der Waals surface area (Å²) in [5, 5.41) is 54.4. The maximum atomic E-state index is 13.0. The normalized spacial score (nSPS) is 19.6. The fourth-order valence-corrected chi connectivity index (χ4v) is 9.66. The molecule has 1 amide bonds. The van der Waals surface area contributed by atoms with Crippen molar-refractivity contribution >= 4 is 5.91 Å². The van der Waals surface area contributed by atoms with Gasteiger partial charge in [0, 0.05) is 6.42 Å². The van der Waals surface area contributed by atoms with Crippen LogP contribution in [0.15, 0.2) is 36.5 Å². The van der Waals surface area contributed by atoms with Crippen LogP contribution in [-0.4, -0.2) is 87.5 Å². The standard InChI is InChI=1S/C61H115NO8/c1-3-5-7-9-11-13-15-17-19-20-21-22-23-24-25-26-27-28-29-30-31-32-33-34-35-36-37-38-40-42-44-46-48-50-55(64)54(53-69-61-60(68)59(67)58(66)56(52-63)70-61)62-57(65)51-49-47-45-43-41-39-18-16-14-12-10-8-6-4-2/h35-36,40,42,48,50,54-56,58-61,63-64,66-68H,3-34,37-39,41,43-47,49,51-53H2,1-2H3,(H,62,65)/b36-35+,42-40+,50-48+. The van der Waals surface area contributed by atoms with Crippen molar-refractivity contribution < 1.29 is 39.8 Å². The second kappa shape index (κ2) is 50.9. The number of carbonyl (C=O) groups excluding carboxylic acids is 1. The number of aliphatic hydroxyl groups is 5. The minimum Gasteiger partial charge on any atom is -0.394 e. The molecule has 0 aliphatic carbocycles. The Morgan fingerprint density at radius 2 is 0.814 bits per heavy atom. The van der Waals surface area contributed by atoms with E-state index in [0.717, 1.165) is 44.9 Å². The van der Waals surface area contributed by atoms with E-state index >= 15 is 0 Å². The predicted octanol–water partition coefficient (Wildman–Crippen LogP) is 15.1. The Morgan fingerprint density at radius 1 is 0.471 bits per heavy atom. The summed E-state index contributed by atoms with van der Waals surface area (Å²) in [6, 6.07) is -0.826. The summed E-state index contributed by atoms with van der Waals surface area (Å²) in [5.74, 6) is -0.188. The van der Waals surface area contributed by atoms with Gasteiger partial charge in [-0.2, -0.15) is 0 Å². The largest absolute Gasteiger partial charge is 0.394 e. The van der Waals surface area contributed by atoms with Crippen molar-refractivity contribution in [3.05, 3.63) is 36.5 Å². The van der Waals surface area contributed by atoms with Crippen LogP contribution in [-0.2, 0) is 14.3 Å². The van der Waals surface area contributed by atoms with Crippen molar-refractivity contribution in [1.82, 2.24) is 5.32 Å². The third-order valence-electron chi connectivity index (χ3n) is 14.4. The number of carbonyl (C=O) groups is 1. The first-order chi connectivity index (χ1) is 34.3. The molecule has 0 radical (unpaired) electrons. The number of nitrogens with one attached hydrogen (secondary N) is 1. The summed E-state index contributed by atoms with van der Waals surface area (Å²) < 4.78 is 11.2. The molecule has 1 rings (SSSR count). The molecular formula is C61H115NO8. The maximum absolute atomic E-state index is 13.0. The van der Waals surface area contributed by atoms with Crippen LogP contribution in [0.25, 0.3) is 0 Å².